The van der Waals surface area contributed by atoms with Gasteiger partial charge in [0.25, 0.3) is 0 Å². The van der Waals surface area contributed by atoms with Crippen LogP contribution in [0.3, 0.4) is 0 Å². The van der Waals surface area contributed by atoms with Crippen molar-refractivity contribution in [3.8, 4) is 0 Å². The number of ether oxygens (including phenoxy) is 5. The Morgan fingerprint density at radius 3 is 1.76 bits per heavy atom. The molecule has 200 valence electrons. The van der Waals surface area contributed by atoms with Gasteiger partial charge < -0.3 is 23.7 Å². The second kappa shape index (κ2) is 15.4. The Morgan fingerprint density at radius 2 is 1.24 bits per heavy atom. The molecule has 0 amide bonds. The number of rotatable bonds is 13. The maximum Gasteiger partial charge on any atom is 0.187 e. The summed E-state index contributed by atoms with van der Waals surface area (Å²) >= 11 is 0. The smallest absolute Gasteiger partial charge is 0.187 e. The Morgan fingerprint density at radius 1 is 0.711 bits per heavy atom. The van der Waals surface area contributed by atoms with Crippen LogP contribution in [-0.2, 0) is 43.5 Å². The Balaban J connectivity index is 1.58. The summed E-state index contributed by atoms with van der Waals surface area (Å²) in [7, 11) is 1.66. The van der Waals surface area contributed by atoms with Gasteiger partial charge in [-0.15, -0.1) is 0 Å². The molecule has 0 aromatic heterocycles. The first-order chi connectivity index (χ1) is 18.8. The van der Waals surface area contributed by atoms with Crippen molar-refractivity contribution in [1.29, 1.82) is 0 Å². The molecule has 4 rings (SSSR count). The van der Waals surface area contributed by atoms with Gasteiger partial charge in [0.1, 0.15) is 12.2 Å². The van der Waals surface area contributed by atoms with E-state index in [9.17, 15) is 0 Å². The molecular weight excluding hydrogens is 476 g/mol. The second-order valence-electron chi connectivity index (χ2n) is 9.22. The summed E-state index contributed by atoms with van der Waals surface area (Å²) in [5.41, 5.74) is 4.30. The highest BCUT2D eigenvalue weighted by Crippen LogP contribution is 2.33. The van der Waals surface area contributed by atoms with Gasteiger partial charge in [-0.25, -0.2) is 0 Å². The molecule has 0 aliphatic carbocycles. The number of hydrogen-bond acceptors (Lipinski definition) is 5. The van der Waals surface area contributed by atoms with Gasteiger partial charge in [0, 0.05) is 7.11 Å². The summed E-state index contributed by atoms with van der Waals surface area (Å²) in [5, 5.41) is 0. The van der Waals surface area contributed by atoms with Crippen LogP contribution >= 0.6 is 0 Å². The van der Waals surface area contributed by atoms with Gasteiger partial charge in [-0.05, 0) is 35.6 Å². The molecule has 4 atom stereocenters. The van der Waals surface area contributed by atoms with Crippen LogP contribution in [0, 0.1) is 0 Å². The van der Waals surface area contributed by atoms with E-state index in [-0.39, 0.29) is 12.2 Å². The molecule has 1 fully saturated rings. The first-order valence-corrected chi connectivity index (χ1v) is 13.2. The third-order valence-electron chi connectivity index (χ3n) is 6.48. The summed E-state index contributed by atoms with van der Waals surface area (Å²) in [6.45, 7) is 3.86. The van der Waals surface area contributed by atoms with E-state index in [1.54, 1.807) is 7.11 Å². The third-order valence-corrected chi connectivity index (χ3v) is 6.48. The Bertz CT molecular complexity index is 1110. The SMILES string of the molecule is C/C=C/C[C@H]1O[C@H](OC)[C@@H](OCc2ccccc2)/C(=C/COCc2ccccc2)[C@@H]1OCc1ccccc1. The molecule has 1 saturated heterocycles. The van der Waals surface area contributed by atoms with E-state index in [4.69, 9.17) is 23.7 Å². The molecule has 5 heteroatoms. The molecule has 3 aromatic carbocycles. The van der Waals surface area contributed by atoms with Gasteiger partial charge >= 0.3 is 0 Å². The van der Waals surface area contributed by atoms with Crippen LogP contribution in [0.15, 0.2) is 115 Å². The molecule has 0 spiro atoms. The normalized spacial score (nSPS) is 22.7. The molecule has 38 heavy (non-hydrogen) atoms. The van der Waals surface area contributed by atoms with Gasteiger partial charge in [0.2, 0.25) is 0 Å². The van der Waals surface area contributed by atoms with Crippen molar-refractivity contribution in [2.75, 3.05) is 13.7 Å². The van der Waals surface area contributed by atoms with Crippen LogP contribution < -0.4 is 0 Å². The monoisotopic (exact) mass is 514 g/mol. The van der Waals surface area contributed by atoms with Crippen LogP contribution in [0.2, 0.25) is 0 Å². The van der Waals surface area contributed by atoms with Gasteiger partial charge in [-0.2, -0.15) is 0 Å². The average Bonchev–Trinajstić information content (AvgIpc) is 2.98. The lowest BCUT2D eigenvalue weighted by Gasteiger charge is -2.42. The van der Waals surface area contributed by atoms with Crippen molar-refractivity contribution >= 4 is 0 Å². The first kappa shape index (κ1) is 28.0. The summed E-state index contributed by atoms with van der Waals surface area (Å²) in [4.78, 5) is 0. The number of benzene rings is 3. The predicted molar refractivity (Wildman–Crippen MR) is 149 cm³/mol. The Hall–Kier alpha value is -3.06. The minimum Gasteiger partial charge on any atom is -0.373 e. The largest absolute Gasteiger partial charge is 0.373 e. The molecule has 1 aliphatic rings. The Labute approximate surface area is 226 Å². The first-order valence-electron chi connectivity index (χ1n) is 13.2. The molecule has 5 nitrogen and oxygen atoms in total. The lowest BCUT2D eigenvalue weighted by Crippen LogP contribution is -2.52. The lowest BCUT2D eigenvalue weighted by atomic mass is 9.92. The summed E-state index contributed by atoms with van der Waals surface area (Å²) in [5.74, 6) is 0. The highest BCUT2D eigenvalue weighted by molar-refractivity contribution is 5.23. The highest BCUT2D eigenvalue weighted by atomic mass is 16.7. The molecule has 3 aromatic rings. The van der Waals surface area contributed by atoms with Crippen molar-refractivity contribution in [3.05, 3.63) is 131 Å². The van der Waals surface area contributed by atoms with E-state index in [1.807, 2.05) is 67.6 Å². The molecule has 1 aliphatic heterocycles. The number of hydrogen-bond donors (Lipinski definition) is 0. The van der Waals surface area contributed by atoms with E-state index in [1.165, 1.54) is 0 Å². The van der Waals surface area contributed by atoms with Crippen LogP contribution in [0.5, 0.6) is 0 Å². The lowest BCUT2D eigenvalue weighted by molar-refractivity contribution is -0.251. The standard InChI is InChI=1S/C33H38O5/c1-3-4-20-30-31(36-24-27-16-10-6-11-17-27)29(21-22-35-23-26-14-8-5-9-15-26)32(33(34-2)38-30)37-25-28-18-12-7-13-19-28/h3-19,21,30-33H,20,22-25H2,1-2H3/b4-3+,29-21+/t30-,31+,32+,33+/m1/s1. The van der Waals surface area contributed by atoms with Gasteiger partial charge in [-0.1, -0.05) is 109 Å². The molecule has 1 heterocycles. The summed E-state index contributed by atoms with van der Waals surface area (Å²) < 4.78 is 31.3. The molecular formula is C33H38O5. The molecule has 0 bridgehead atoms. The highest BCUT2D eigenvalue weighted by Gasteiger charge is 2.43. The van der Waals surface area contributed by atoms with E-state index in [0.717, 1.165) is 22.3 Å². The zero-order valence-electron chi connectivity index (χ0n) is 22.3. The van der Waals surface area contributed by atoms with E-state index < -0.39 is 12.4 Å². The maximum atomic E-state index is 6.56. The molecule has 0 radical (unpaired) electrons. The van der Waals surface area contributed by atoms with E-state index >= 15 is 0 Å². The second-order valence-corrected chi connectivity index (χ2v) is 9.22. The van der Waals surface area contributed by atoms with Crippen LogP contribution in [0.25, 0.3) is 0 Å². The quantitative estimate of drug-likeness (QED) is 0.189. The van der Waals surface area contributed by atoms with Gasteiger partial charge in [-0.3, -0.25) is 0 Å². The van der Waals surface area contributed by atoms with Crippen molar-refractivity contribution < 1.29 is 23.7 Å². The number of allylic oxidation sites excluding steroid dienone is 1. The van der Waals surface area contributed by atoms with E-state index in [0.29, 0.717) is 32.8 Å². The van der Waals surface area contributed by atoms with Crippen molar-refractivity contribution in [1.82, 2.24) is 0 Å². The van der Waals surface area contributed by atoms with Crippen molar-refractivity contribution in [3.63, 3.8) is 0 Å². The van der Waals surface area contributed by atoms with Crippen molar-refractivity contribution in [2.24, 2.45) is 0 Å². The topological polar surface area (TPSA) is 46.2 Å². The summed E-state index contributed by atoms with van der Waals surface area (Å²) in [6.07, 6.45) is 5.37. The summed E-state index contributed by atoms with van der Waals surface area (Å²) in [6, 6.07) is 30.5. The fourth-order valence-electron chi connectivity index (χ4n) is 4.51. The van der Waals surface area contributed by atoms with Crippen LogP contribution in [0.4, 0.5) is 0 Å². The Kier molecular flexibility index (Phi) is 11.3. The van der Waals surface area contributed by atoms with Crippen LogP contribution in [-0.4, -0.2) is 38.3 Å². The maximum absolute atomic E-state index is 6.56. The zero-order chi connectivity index (χ0) is 26.4. The fraction of sp³-hybridized carbons (Fsp3) is 0.333. The predicted octanol–water partition coefficient (Wildman–Crippen LogP) is 6.64. The minimum absolute atomic E-state index is 0.225. The van der Waals surface area contributed by atoms with E-state index in [2.05, 4.69) is 48.6 Å². The third kappa shape index (κ3) is 8.22. The molecule has 0 N–H and O–H groups in total. The molecule has 0 unspecified atom stereocenters. The minimum atomic E-state index is -0.564. The van der Waals surface area contributed by atoms with Gasteiger partial charge in [0.05, 0.1) is 32.5 Å². The molecule has 0 saturated carbocycles. The number of methoxy groups -OCH3 is 1. The average molecular weight is 515 g/mol. The fourth-order valence-corrected chi connectivity index (χ4v) is 4.51. The zero-order valence-corrected chi connectivity index (χ0v) is 22.3. The van der Waals surface area contributed by atoms with Crippen molar-refractivity contribution in [2.45, 2.75) is 57.8 Å². The van der Waals surface area contributed by atoms with Gasteiger partial charge in [0.15, 0.2) is 6.29 Å². The van der Waals surface area contributed by atoms with Crippen LogP contribution in [0.1, 0.15) is 30.0 Å².